The van der Waals surface area contributed by atoms with Gasteiger partial charge in [-0.25, -0.2) is 0 Å². The predicted molar refractivity (Wildman–Crippen MR) is 92.2 cm³/mol. The Morgan fingerprint density at radius 2 is 1.79 bits per heavy atom. The smallest absolute Gasteiger partial charge is 0.247 e. The maximum Gasteiger partial charge on any atom is 0.247 e. The second-order valence-corrected chi connectivity index (χ2v) is 6.98. The zero-order valence-electron chi connectivity index (χ0n) is 14.2. The van der Waals surface area contributed by atoms with E-state index in [0.29, 0.717) is 38.8 Å². The first kappa shape index (κ1) is 16.9. The van der Waals surface area contributed by atoms with Crippen LogP contribution in [-0.2, 0) is 15.1 Å². The SMILES string of the molecule is CC(N)(C(=O)N1CCN(CC(=O)NC2CC2)CC1)c1ccccc1. The van der Waals surface area contributed by atoms with Crippen molar-refractivity contribution in [2.24, 2.45) is 5.73 Å². The van der Waals surface area contributed by atoms with Crippen LogP contribution in [0, 0.1) is 0 Å². The number of carbonyl (C=O) groups excluding carboxylic acids is 2. The number of nitrogens with one attached hydrogen (secondary N) is 1. The molecule has 0 radical (unpaired) electrons. The molecule has 1 aromatic rings. The van der Waals surface area contributed by atoms with Crippen molar-refractivity contribution in [3.05, 3.63) is 35.9 Å². The highest BCUT2D eigenvalue weighted by Crippen LogP contribution is 2.21. The Bertz CT molecular complexity index is 590. The number of piperazine rings is 1. The van der Waals surface area contributed by atoms with Gasteiger partial charge >= 0.3 is 0 Å². The van der Waals surface area contributed by atoms with Crippen LogP contribution in [-0.4, -0.2) is 60.4 Å². The maximum absolute atomic E-state index is 12.8. The van der Waals surface area contributed by atoms with Gasteiger partial charge in [-0.2, -0.15) is 0 Å². The molecule has 3 N–H and O–H groups in total. The number of nitrogens with two attached hydrogens (primary N) is 1. The molecule has 130 valence electrons. The molecule has 0 spiro atoms. The number of benzene rings is 1. The van der Waals surface area contributed by atoms with Crippen LogP contribution < -0.4 is 11.1 Å². The van der Waals surface area contributed by atoms with E-state index >= 15 is 0 Å². The van der Waals surface area contributed by atoms with E-state index in [2.05, 4.69) is 10.2 Å². The van der Waals surface area contributed by atoms with E-state index in [1.54, 1.807) is 6.92 Å². The van der Waals surface area contributed by atoms with Crippen LogP contribution in [0.15, 0.2) is 30.3 Å². The standard InChI is InChI=1S/C18H26N4O2/c1-18(19,14-5-3-2-4-6-14)17(24)22-11-9-21(10-12-22)13-16(23)20-15-7-8-15/h2-6,15H,7-13,19H2,1H3,(H,20,23). The minimum absolute atomic E-state index is 0.0595. The lowest BCUT2D eigenvalue weighted by Gasteiger charge is -2.38. The van der Waals surface area contributed by atoms with E-state index in [9.17, 15) is 9.59 Å². The lowest BCUT2D eigenvalue weighted by atomic mass is 9.91. The van der Waals surface area contributed by atoms with Crippen LogP contribution in [0.4, 0.5) is 0 Å². The maximum atomic E-state index is 12.8. The molecule has 1 heterocycles. The van der Waals surface area contributed by atoms with E-state index in [1.165, 1.54) is 0 Å². The molecule has 1 atom stereocenters. The lowest BCUT2D eigenvalue weighted by molar-refractivity contribution is -0.138. The number of hydrogen-bond donors (Lipinski definition) is 2. The Balaban J connectivity index is 1.52. The average molecular weight is 330 g/mol. The van der Waals surface area contributed by atoms with Gasteiger partial charge in [-0.3, -0.25) is 14.5 Å². The molecule has 2 fully saturated rings. The zero-order chi connectivity index (χ0) is 17.2. The van der Waals surface area contributed by atoms with Crippen LogP contribution in [0.5, 0.6) is 0 Å². The van der Waals surface area contributed by atoms with E-state index in [4.69, 9.17) is 5.73 Å². The summed E-state index contributed by atoms with van der Waals surface area (Å²) in [5.41, 5.74) is 6.12. The van der Waals surface area contributed by atoms with Gasteiger partial charge in [0.1, 0.15) is 5.54 Å². The highest BCUT2D eigenvalue weighted by atomic mass is 16.2. The van der Waals surface area contributed by atoms with Crippen LogP contribution in [0.1, 0.15) is 25.3 Å². The van der Waals surface area contributed by atoms with Gasteiger partial charge in [0.2, 0.25) is 11.8 Å². The van der Waals surface area contributed by atoms with Gasteiger partial charge in [-0.1, -0.05) is 30.3 Å². The van der Waals surface area contributed by atoms with E-state index < -0.39 is 5.54 Å². The molecule has 1 unspecified atom stereocenters. The highest BCUT2D eigenvalue weighted by molar-refractivity contribution is 5.87. The van der Waals surface area contributed by atoms with Gasteiger partial charge in [-0.05, 0) is 25.3 Å². The average Bonchev–Trinajstić information content (AvgIpc) is 3.39. The normalized spacial score (nSPS) is 21.2. The summed E-state index contributed by atoms with van der Waals surface area (Å²) in [6, 6.07) is 9.86. The van der Waals surface area contributed by atoms with Crippen molar-refractivity contribution >= 4 is 11.8 Å². The summed E-state index contributed by atoms with van der Waals surface area (Å²) in [7, 11) is 0. The van der Waals surface area contributed by atoms with Crippen LogP contribution in [0.2, 0.25) is 0 Å². The van der Waals surface area contributed by atoms with Crippen LogP contribution in [0.25, 0.3) is 0 Å². The summed E-state index contributed by atoms with van der Waals surface area (Å²) in [5.74, 6) is 0.0287. The van der Waals surface area contributed by atoms with Gasteiger partial charge in [0, 0.05) is 32.2 Å². The van der Waals surface area contributed by atoms with Crippen molar-refractivity contribution < 1.29 is 9.59 Å². The zero-order valence-corrected chi connectivity index (χ0v) is 14.2. The molecule has 1 saturated carbocycles. The third-order valence-corrected chi connectivity index (χ3v) is 4.79. The van der Waals surface area contributed by atoms with Crippen LogP contribution in [0.3, 0.4) is 0 Å². The minimum atomic E-state index is -1.02. The fraction of sp³-hybridized carbons (Fsp3) is 0.556. The molecule has 3 rings (SSSR count). The first-order valence-corrected chi connectivity index (χ1v) is 8.62. The first-order valence-electron chi connectivity index (χ1n) is 8.62. The molecule has 1 aromatic carbocycles. The molecular formula is C18H26N4O2. The number of nitrogens with zero attached hydrogens (tertiary/aromatic N) is 2. The Morgan fingerprint density at radius 3 is 2.38 bits per heavy atom. The highest BCUT2D eigenvalue weighted by Gasteiger charge is 2.36. The summed E-state index contributed by atoms with van der Waals surface area (Å²) < 4.78 is 0. The summed E-state index contributed by atoms with van der Waals surface area (Å²) >= 11 is 0. The van der Waals surface area contributed by atoms with E-state index in [-0.39, 0.29) is 11.8 Å². The van der Waals surface area contributed by atoms with Crippen molar-refractivity contribution in [1.29, 1.82) is 0 Å². The number of hydrogen-bond acceptors (Lipinski definition) is 4. The number of rotatable bonds is 5. The quantitative estimate of drug-likeness (QED) is 0.813. The fourth-order valence-corrected chi connectivity index (χ4v) is 3.05. The van der Waals surface area contributed by atoms with Crippen molar-refractivity contribution in [1.82, 2.24) is 15.1 Å². The molecule has 2 amide bonds. The Morgan fingerprint density at radius 1 is 1.17 bits per heavy atom. The Kier molecular flexibility index (Phi) is 4.87. The number of carbonyl (C=O) groups is 2. The molecular weight excluding hydrogens is 304 g/mol. The van der Waals surface area contributed by atoms with Gasteiger partial charge < -0.3 is 16.0 Å². The second-order valence-electron chi connectivity index (χ2n) is 6.98. The number of amides is 2. The van der Waals surface area contributed by atoms with E-state index in [0.717, 1.165) is 18.4 Å². The molecule has 1 aliphatic carbocycles. The molecule has 6 heteroatoms. The third kappa shape index (κ3) is 3.94. The molecule has 0 aromatic heterocycles. The first-order chi connectivity index (χ1) is 11.5. The third-order valence-electron chi connectivity index (χ3n) is 4.79. The van der Waals surface area contributed by atoms with Crippen molar-refractivity contribution in [3.8, 4) is 0 Å². The topological polar surface area (TPSA) is 78.7 Å². The molecule has 24 heavy (non-hydrogen) atoms. The summed E-state index contributed by atoms with van der Waals surface area (Å²) in [4.78, 5) is 28.6. The second kappa shape index (κ2) is 6.91. The molecule has 0 bridgehead atoms. The predicted octanol–water partition coefficient (Wildman–Crippen LogP) is 0.283. The molecule has 1 saturated heterocycles. The van der Waals surface area contributed by atoms with Crippen molar-refractivity contribution in [2.45, 2.75) is 31.3 Å². The van der Waals surface area contributed by atoms with Crippen LogP contribution >= 0.6 is 0 Å². The Hall–Kier alpha value is -1.92. The van der Waals surface area contributed by atoms with Crippen molar-refractivity contribution in [2.75, 3.05) is 32.7 Å². The molecule has 6 nitrogen and oxygen atoms in total. The van der Waals surface area contributed by atoms with Crippen molar-refractivity contribution in [3.63, 3.8) is 0 Å². The van der Waals surface area contributed by atoms with Gasteiger partial charge in [0.25, 0.3) is 0 Å². The lowest BCUT2D eigenvalue weighted by Crippen LogP contribution is -2.57. The van der Waals surface area contributed by atoms with Gasteiger partial charge in [0.05, 0.1) is 6.54 Å². The Labute approximate surface area is 143 Å². The largest absolute Gasteiger partial charge is 0.352 e. The molecule has 1 aliphatic heterocycles. The monoisotopic (exact) mass is 330 g/mol. The summed E-state index contributed by atoms with van der Waals surface area (Å²) in [5, 5.41) is 3.00. The fourth-order valence-electron chi connectivity index (χ4n) is 3.05. The summed E-state index contributed by atoms with van der Waals surface area (Å²) in [6.07, 6.45) is 2.20. The van der Waals surface area contributed by atoms with Gasteiger partial charge in [-0.15, -0.1) is 0 Å². The minimum Gasteiger partial charge on any atom is -0.352 e. The molecule has 2 aliphatic rings. The van der Waals surface area contributed by atoms with Gasteiger partial charge in [0.15, 0.2) is 0 Å². The van der Waals surface area contributed by atoms with E-state index in [1.807, 2.05) is 35.2 Å². The summed E-state index contributed by atoms with van der Waals surface area (Å²) in [6.45, 7) is 4.80.